The van der Waals surface area contributed by atoms with Gasteiger partial charge in [-0.2, -0.15) is 0 Å². The molecule has 0 radical (unpaired) electrons. The van der Waals surface area contributed by atoms with E-state index in [9.17, 15) is 0 Å². The number of benzene rings is 3. The van der Waals surface area contributed by atoms with Crippen LogP contribution in [0, 0.1) is 0 Å². The molecule has 0 aliphatic heterocycles. The predicted molar refractivity (Wildman–Crippen MR) is 116 cm³/mol. The second kappa shape index (κ2) is 8.31. The van der Waals surface area contributed by atoms with Crippen molar-refractivity contribution in [1.29, 1.82) is 0 Å². The average Bonchev–Trinajstić information content (AvgIpc) is 2.62. The Morgan fingerprint density at radius 1 is 0.458 bits per heavy atom. The van der Waals surface area contributed by atoms with Crippen LogP contribution in [0.4, 0.5) is 0 Å². The second-order valence-corrected chi connectivity index (χ2v) is 8.71. The third kappa shape index (κ3) is 4.04. The van der Waals surface area contributed by atoms with E-state index in [1.54, 1.807) is 0 Å². The highest BCUT2D eigenvalue weighted by Crippen LogP contribution is 2.43. The molecule has 0 saturated heterocycles. The Bertz CT molecular complexity index is 741. The van der Waals surface area contributed by atoms with Gasteiger partial charge in [0.05, 0.1) is 0 Å². The Balaban J connectivity index is 2.02. The molecule has 3 rings (SSSR count). The molecule has 0 heterocycles. The van der Waals surface area contributed by atoms with Crippen molar-refractivity contribution in [3.8, 4) is 0 Å². The van der Waals surface area contributed by atoms with Gasteiger partial charge in [-0.25, -0.2) is 0 Å². The fourth-order valence-electron chi connectivity index (χ4n) is 2.63. The van der Waals surface area contributed by atoms with Gasteiger partial charge >= 0.3 is 0 Å². The minimum atomic E-state index is 0.866. The molecule has 122 valence electrons. The van der Waals surface area contributed by atoms with E-state index < -0.39 is 0 Å². The van der Waals surface area contributed by atoms with E-state index in [4.69, 9.17) is 0 Å². The molecule has 3 aromatic carbocycles. The van der Waals surface area contributed by atoms with Gasteiger partial charge in [-0.15, -0.1) is 0 Å². The molecule has 0 fully saturated rings. The van der Waals surface area contributed by atoms with Crippen LogP contribution in [0.5, 0.6) is 0 Å². The molecule has 0 nitrogen and oxygen atoms in total. The lowest BCUT2D eigenvalue weighted by molar-refractivity contribution is 1.10. The molecule has 0 spiro atoms. The van der Waals surface area contributed by atoms with Gasteiger partial charge in [-0.3, -0.25) is 0 Å². The molecule has 0 N–H and O–H groups in total. The third-order valence-corrected chi connectivity index (χ3v) is 8.46. The Morgan fingerprint density at radius 2 is 0.750 bits per heavy atom. The van der Waals surface area contributed by atoms with Gasteiger partial charge in [-0.05, 0) is 98.8 Å². The normalized spacial score (nSPS) is 10.8. The van der Waals surface area contributed by atoms with E-state index >= 15 is 0 Å². The summed E-state index contributed by atoms with van der Waals surface area (Å²) in [7, 11) is 0. The van der Waals surface area contributed by atoms with E-state index in [0.717, 1.165) is 30.7 Å². The topological polar surface area (TPSA) is 0 Å². The molecule has 0 atom stereocenters. The predicted octanol–water partition coefficient (Wildman–Crippen LogP) is 7.92. The Labute approximate surface area is 176 Å². The standard InChI is InChI=1S/C20H14Br4/c21-17-15(11-13-7-3-1-4-8-13)18(22)20(24)16(19(17)23)12-14-9-5-2-6-10-14/h1-10H,11-12H2. The monoisotopic (exact) mass is 570 g/mol. The largest absolute Gasteiger partial charge is 0.0622 e. The smallest absolute Gasteiger partial charge is 0.0367 e. The first-order chi connectivity index (χ1) is 11.6. The van der Waals surface area contributed by atoms with Crippen LogP contribution in [-0.2, 0) is 12.8 Å². The lowest BCUT2D eigenvalue weighted by Gasteiger charge is -2.17. The number of hydrogen-bond acceptors (Lipinski definition) is 0. The first-order valence-corrected chi connectivity index (χ1v) is 10.7. The summed E-state index contributed by atoms with van der Waals surface area (Å²) >= 11 is 15.2. The summed E-state index contributed by atoms with van der Waals surface area (Å²) in [6.07, 6.45) is 1.73. The zero-order valence-electron chi connectivity index (χ0n) is 12.7. The van der Waals surface area contributed by atoms with E-state index in [0.29, 0.717) is 0 Å². The van der Waals surface area contributed by atoms with Crippen LogP contribution in [0.1, 0.15) is 22.3 Å². The lowest BCUT2D eigenvalue weighted by Crippen LogP contribution is -1.99. The van der Waals surface area contributed by atoms with Gasteiger partial charge in [0.2, 0.25) is 0 Å². The first-order valence-electron chi connectivity index (χ1n) is 7.49. The van der Waals surface area contributed by atoms with Crippen LogP contribution in [0.3, 0.4) is 0 Å². The average molecular weight is 574 g/mol. The summed E-state index contributed by atoms with van der Waals surface area (Å²) in [5, 5.41) is 0. The molecule has 0 amide bonds. The summed E-state index contributed by atoms with van der Waals surface area (Å²) in [6.45, 7) is 0. The molecule has 24 heavy (non-hydrogen) atoms. The minimum Gasteiger partial charge on any atom is -0.0622 e. The Kier molecular flexibility index (Phi) is 6.36. The molecular formula is C20H14Br4. The Morgan fingerprint density at radius 3 is 1.04 bits per heavy atom. The molecule has 0 bridgehead atoms. The molecule has 0 unspecified atom stereocenters. The summed E-state index contributed by atoms with van der Waals surface area (Å²) in [4.78, 5) is 0. The van der Waals surface area contributed by atoms with Crippen molar-refractivity contribution < 1.29 is 0 Å². The van der Waals surface area contributed by atoms with Gasteiger partial charge in [0.1, 0.15) is 0 Å². The fourth-order valence-corrected chi connectivity index (χ4v) is 5.48. The maximum atomic E-state index is 3.79. The molecular weight excluding hydrogens is 560 g/mol. The zero-order valence-corrected chi connectivity index (χ0v) is 19.0. The van der Waals surface area contributed by atoms with Gasteiger partial charge in [0.25, 0.3) is 0 Å². The quantitative estimate of drug-likeness (QED) is 0.278. The van der Waals surface area contributed by atoms with Gasteiger partial charge in [0, 0.05) is 17.9 Å². The molecule has 0 saturated carbocycles. The fraction of sp³-hybridized carbons (Fsp3) is 0.100. The molecule has 0 aliphatic carbocycles. The van der Waals surface area contributed by atoms with Crippen LogP contribution >= 0.6 is 63.7 Å². The van der Waals surface area contributed by atoms with Crippen molar-refractivity contribution >= 4 is 63.7 Å². The lowest BCUT2D eigenvalue weighted by atomic mass is 10.00. The molecule has 4 heteroatoms. The third-order valence-electron chi connectivity index (χ3n) is 3.89. The van der Waals surface area contributed by atoms with Gasteiger partial charge in [-0.1, -0.05) is 60.7 Å². The van der Waals surface area contributed by atoms with Crippen LogP contribution in [0.25, 0.3) is 0 Å². The van der Waals surface area contributed by atoms with Gasteiger partial charge < -0.3 is 0 Å². The molecule has 3 aromatic rings. The maximum absolute atomic E-state index is 3.79. The highest BCUT2D eigenvalue weighted by Gasteiger charge is 2.19. The summed E-state index contributed by atoms with van der Waals surface area (Å²) in [5.74, 6) is 0. The SMILES string of the molecule is Brc1c(Br)c(Cc2ccccc2)c(Br)c(Br)c1Cc1ccccc1. The maximum Gasteiger partial charge on any atom is 0.0367 e. The number of hydrogen-bond donors (Lipinski definition) is 0. The zero-order chi connectivity index (χ0) is 17.1. The van der Waals surface area contributed by atoms with Crippen molar-refractivity contribution in [2.45, 2.75) is 12.8 Å². The number of rotatable bonds is 4. The van der Waals surface area contributed by atoms with Gasteiger partial charge in [0.15, 0.2) is 0 Å². The van der Waals surface area contributed by atoms with Crippen molar-refractivity contribution in [3.63, 3.8) is 0 Å². The van der Waals surface area contributed by atoms with Crippen LogP contribution in [0.2, 0.25) is 0 Å². The van der Waals surface area contributed by atoms with Crippen LogP contribution in [0.15, 0.2) is 78.6 Å². The van der Waals surface area contributed by atoms with Crippen molar-refractivity contribution in [1.82, 2.24) is 0 Å². The minimum absolute atomic E-state index is 0.866. The highest BCUT2D eigenvalue weighted by molar-refractivity contribution is 9.14. The summed E-state index contributed by atoms with van der Waals surface area (Å²) in [5.41, 5.74) is 5.04. The van der Waals surface area contributed by atoms with E-state index in [2.05, 4.69) is 112 Å². The van der Waals surface area contributed by atoms with E-state index in [1.165, 1.54) is 22.3 Å². The highest BCUT2D eigenvalue weighted by atomic mass is 79.9. The summed E-state index contributed by atoms with van der Waals surface area (Å²) < 4.78 is 4.42. The summed E-state index contributed by atoms with van der Waals surface area (Å²) in [6, 6.07) is 21.0. The first kappa shape index (κ1) is 18.4. The Hall–Kier alpha value is -0.420. The second-order valence-electron chi connectivity index (χ2n) is 5.54. The molecule has 0 aromatic heterocycles. The molecule has 0 aliphatic rings. The van der Waals surface area contributed by atoms with Crippen molar-refractivity contribution in [2.24, 2.45) is 0 Å². The van der Waals surface area contributed by atoms with E-state index in [-0.39, 0.29) is 0 Å². The number of halogens is 4. The van der Waals surface area contributed by atoms with Crippen LogP contribution < -0.4 is 0 Å². The van der Waals surface area contributed by atoms with Crippen molar-refractivity contribution in [3.05, 3.63) is 101 Å². The van der Waals surface area contributed by atoms with E-state index in [1.807, 2.05) is 12.1 Å². The van der Waals surface area contributed by atoms with Crippen molar-refractivity contribution in [2.75, 3.05) is 0 Å². The van der Waals surface area contributed by atoms with Crippen LogP contribution in [-0.4, -0.2) is 0 Å².